The number of anilines is 4. The summed E-state index contributed by atoms with van der Waals surface area (Å²) in [5.41, 5.74) is 30.3. The van der Waals surface area contributed by atoms with Gasteiger partial charge >= 0.3 is 0 Å². The van der Waals surface area contributed by atoms with E-state index in [0.717, 1.165) is 34.4 Å². The second-order valence-corrected chi connectivity index (χ2v) is 24.7. The fraction of sp³-hybridized carbons (Fsp3) is 0.138. The van der Waals surface area contributed by atoms with Gasteiger partial charge in [0.25, 0.3) is 0 Å². The molecule has 9 rings (SSSR count). The van der Waals surface area contributed by atoms with Crippen molar-refractivity contribution in [2.24, 2.45) is 0 Å². The van der Waals surface area contributed by atoms with Crippen molar-refractivity contribution >= 4 is 90.7 Å². The van der Waals surface area contributed by atoms with E-state index in [9.17, 15) is 16.8 Å². The number of rotatable bonds is 9. The predicted octanol–water partition coefficient (Wildman–Crippen LogP) is 10.8. The Bertz CT molecular complexity index is 3860. The van der Waals surface area contributed by atoms with Gasteiger partial charge in [0, 0.05) is 22.3 Å². The maximum Gasteiger partial charge on any atom is 0.180 e. The van der Waals surface area contributed by atoms with Gasteiger partial charge < -0.3 is 22.9 Å². The summed E-state index contributed by atoms with van der Waals surface area (Å²) in [4.78, 5) is 34.0. The zero-order valence-electron chi connectivity index (χ0n) is 43.1. The van der Waals surface area contributed by atoms with Gasteiger partial charge in [0.05, 0.1) is 62.2 Å². The molecule has 0 radical (unpaired) electrons. The van der Waals surface area contributed by atoms with E-state index in [1.807, 2.05) is 78.9 Å². The molecule has 0 atom stereocenters. The van der Waals surface area contributed by atoms with Crippen LogP contribution in [-0.4, -0.2) is 67.2 Å². The van der Waals surface area contributed by atoms with Crippen molar-refractivity contribution < 1.29 is 16.8 Å². The fourth-order valence-corrected chi connectivity index (χ4v) is 9.81. The lowest BCUT2D eigenvalue weighted by atomic mass is 10.1. The van der Waals surface area contributed by atoms with Crippen molar-refractivity contribution in [2.45, 2.75) is 60.8 Å². The van der Waals surface area contributed by atoms with Gasteiger partial charge in [-0.15, -0.1) is 0 Å². The van der Waals surface area contributed by atoms with Crippen LogP contribution < -0.4 is 22.9 Å². The highest BCUT2D eigenvalue weighted by molar-refractivity contribution is 9.11. The molecule has 402 valence electrons. The maximum absolute atomic E-state index is 12.3. The highest BCUT2D eigenvalue weighted by atomic mass is 79.9. The Morgan fingerprint density at radius 2 is 0.823 bits per heavy atom. The number of aromatic nitrogens is 8. The van der Waals surface area contributed by atoms with E-state index in [-0.39, 0.29) is 10.7 Å². The summed E-state index contributed by atoms with van der Waals surface area (Å²) < 4.78 is 50.8. The second-order valence-electron chi connectivity index (χ2n) is 17.3. The molecule has 0 aliphatic rings. The monoisotopic (exact) mass is 1280 g/mol. The SMILES string of the molecule is CC(C)S(=O)(=O)c1ccc(-c2cnc(N)c(C#Cc3ccccc3)n2)cc1.CC(C)S(=O)(=O)c1ccc(-c2cnc(N)c(CCc3ccccc3)n2)cc1.Nc1ncc(Br)nc1Br.Nc1ncc(Br)nc1C#Cc1ccccc1. The topological polar surface area (TPSA) is 275 Å². The molecule has 0 aliphatic carbocycles. The molecule has 9 aromatic rings. The molecule has 4 heterocycles. The lowest BCUT2D eigenvalue weighted by Crippen LogP contribution is -2.13. The Morgan fingerprint density at radius 1 is 0.430 bits per heavy atom. The lowest BCUT2D eigenvalue weighted by Gasteiger charge is -2.10. The molecule has 21 heteroatoms. The van der Waals surface area contributed by atoms with Crippen LogP contribution in [0.2, 0.25) is 0 Å². The molecular formula is C58H53Br3N12O4S2. The number of hydrogen-bond acceptors (Lipinski definition) is 16. The van der Waals surface area contributed by atoms with Gasteiger partial charge in [0.2, 0.25) is 0 Å². The first-order chi connectivity index (χ1) is 37.7. The third-order valence-electron chi connectivity index (χ3n) is 11.1. The maximum atomic E-state index is 12.3. The number of nitrogens with two attached hydrogens (primary N) is 4. The van der Waals surface area contributed by atoms with Crippen LogP contribution in [0.15, 0.2) is 188 Å². The summed E-state index contributed by atoms with van der Waals surface area (Å²) in [5, 5.41) is -0.927. The number of halogens is 3. The van der Waals surface area contributed by atoms with Crippen molar-refractivity contribution in [3.8, 4) is 46.2 Å². The summed E-state index contributed by atoms with van der Waals surface area (Å²) in [7, 11) is -6.59. The van der Waals surface area contributed by atoms with E-state index in [1.165, 1.54) is 5.56 Å². The van der Waals surface area contributed by atoms with Gasteiger partial charge in [-0.2, -0.15) is 0 Å². The van der Waals surface area contributed by atoms with Crippen LogP contribution >= 0.6 is 47.8 Å². The zero-order valence-corrected chi connectivity index (χ0v) is 49.5. The van der Waals surface area contributed by atoms with Gasteiger partial charge in [0.15, 0.2) is 48.5 Å². The first-order valence-electron chi connectivity index (χ1n) is 24.0. The first-order valence-corrected chi connectivity index (χ1v) is 29.5. The molecule has 16 nitrogen and oxygen atoms in total. The van der Waals surface area contributed by atoms with Crippen molar-refractivity contribution in [1.29, 1.82) is 0 Å². The summed E-state index contributed by atoms with van der Waals surface area (Å²) in [5.74, 6) is 13.2. The number of sulfone groups is 2. The van der Waals surface area contributed by atoms with Crippen LogP contribution in [-0.2, 0) is 32.5 Å². The van der Waals surface area contributed by atoms with E-state index < -0.39 is 30.2 Å². The zero-order chi connectivity index (χ0) is 57.1. The van der Waals surface area contributed by atoms with Crippen molar-refractivity contribution in [3.63, 3.8) is 0 Å². The van der Waals surface area contributed by atoms with Gasteiger partial charge in [0.1, 0.15) is 19.6 Å². The fourth-order valence-electron chi connectivity index (χ4n) is 6.60. The quantitative estimate of drug-likeness (QED) is 0.0978. The summed E-state index contributed by atoms with van der Waals surface area (Å²) >= 11 is 9.48. The van der Waals surface area contributed by atoms with E-state index in [2.05, 4.69) is 123 Å². The van der Waals surface area contributed by atoms with Crippen LogP contribution in [0, 0.1) is 23.7 Å². The van der Waals surface area contributed by atoms with Gasteiger partial charge in [-0.05, 0) is 154 Å². The van der Waals surface area contributed by atoms with E-state index >= 15 is 0 Å². The number of nitrogen functional groups attached to an aromatic ring is 4. The Balaban J connectivity index is 0.000000182. The highest BCUT2D eigenvalue weighted by Gasteiger charge is 2.20. The van der Waals surface area contributed by atoms with Crippen LogP contribution in [0.3, 0.4) is 0 Å². The second kappa shape index (κ2) is 28.6. The van der Waals surface area contributed by atoms with Crippen LogP contribution in [0.25, 0.3) is 22.5 Å². The van der Waals surface area contributed by atoms with Crippen molar-refractivity contribution in [3.05, 3.63) is 212 Å². The van der Waals surface area contributed by atoms with Gasteiger partial charge in [-0.25, -0.2) is 56.7 Å². The van der Waals surface area contributed by atoms with E-state index in [1.54, 1.807) is 101 Å². The van der Waals surface area contributed by atoms with Gasteiger partial charge in [-0.3, -0.25) is 0 Å². The van der Waals surface area contributed by atoms with Crippen molar-refractivity contribution in [1.82, 2.24) is 39.9 Å². The minimum absolute atomic E-state index is 0.251. The third-order valence-corrected chi connectivity index (χ3v) is 16.8. The van der Waals surface area contributed by atoms with E-state index in [4.69, 9.17) is 22.9 Å². The molecule has 0 unspecified atom stereocenters. The minimum atomic E-state index is -3.31. The van der Waals surface area contributed by atoms with Crippen LogP contribution in [0.5, 0.6) is 0 Å². The molecule has 0 bridgehead atoms. The molecule has 5 aromatic carbocycles. The largest absolute Gasteiger partial charge is 0.382 e. The Hall–Kier alpha value is -7.92. The van der Waals surface area contributed by atoms with Crippen LogP contribution in [0.4, 0.5) is 23.3 Å². The van der Waals surface area contributed by atoms with E-state index in [0.29, 0.717) is 65.4 Å². The molecular weight excluding hydrogens is 1230 g/mol. The summed E-state index contributed by atoms with van der Waals surface area (Å²) in [6, 6.07) is 42.7. The molecule has 0 saturated heterocycles. The first kappa shape index (κ1) is 60.3. The lowest BCUT2D eigenvalue weighted by molar-refractivity contribution is 0.586. The Kier molecular flexibility index (Phi) is 21.9. The molecule has 0 amide bonds. The standard InChI is InChI=1S/C21H23N3O2S.C21H19N3O2S.C12H8BrN3.C4H3Br2N3/c2*1-15(2)27(25,26)18-11-9-17(10-12-18)20-14-23-21(22)19(24-20)13-8-16-6-4-3-5-7-16;13-11-8-15-12(14)10(16-11)7-6-9-4-2-1-3-5-9;5-2-1-8-4(7)3(6)9-2/h3-7,9-12,14-15H,8,13H2,1-2H3,(H2,22,23);3-7,9-12,14-15H,1-2H3,(H2,22,23);1-5,8H,(H2,14,15);1H,(H2,7,8). The Labute approximate surface area is 485 Å². The Morgan fingerprint density at radius 3 is 1.27 bits per heavy atom. The highest BCUT2D eigenvalue weighted by Crippen LogP contribution is 2.25. The molecule has 8 N–H and O–H groups in total. The molecule has 0 aliphatic heterocycles. The average Bonchev–Trinajstić information content (AvgIpc) is 3.45. The third kappa shape index (κ3) is 17.8. The molecule has 0 fully saturated rings. The normalized spacial score (nSPS) is 10.7. The number of nitrogens with zero attached hydrogens (tertiary/aromatic N) is 8. The summed E-state index contributed by atoms with van der Waals surface area (Å²) in [6.45, 7) is 6.67. The number of hydrogen-bond donors (Lipinski definition) is 4. The molecule has 4 aromatic heterocycles. The smallest absolute Gasteiger partial charge is 0.180 e. The minimum Gasteiger partial charge on any atom is -0.382 e. The predicted molar refractivity (Wildman–Crippen MR) is 323 cm³/mol. The summed E-state index contributed by atoms with van der Waals surface area (Å²) in [6.07, 6.45) is 7.77. The average molecular weight is 1290 g/mol. The van der Waals surface area contributed by atoms with Crippen LogP contribution in [0.1, 0.15) is 61.5 Å². The molecule has 79 heavy (non-hydrogen) atoms. The van der Waals surface area contributed by atoms with Crippen molar-refractivity contribution in [2.75, 3.05) is 22.9 Å². The number of aryl methyl sites for hydroxylation is 2. The van der Waals surface area contributed by atoms with Gasteiger partial charge in [-0.1, -0.05) is 103 Å². The molecule has 0 spiro atoms. The number of benzene rings is 5. The molecule has 0 saturated carbocycles.